The Labute approximate surface area is 97.0 Å². The first-order chi connectivity index (χ1) is 8.04. The highest BCUT2D eigenvalue weighted by Gasteiger charge is 2.45. The molecular formula is C9H16O8. The molecule has 0 radical (unpaired) electrons. The van der Waals surface area contributed by atoms with Crippen molar-refractivity contribution in [2.75, 3.05) is 13.2 Å². The van der Waals surface area contributed by atoms with Crippen LogP contribution < -0.4 is 0 Å². The largest absolute Gasteiger partial charge is 0.394 e. The summed E-state index contributed by atoms with van der Waals surface area (Å²) in [5, 5.41) is 46.3. The van der Waals surface area contributed by atoms with Gasteiger partial charge < -0.3 is 39.7 Å². The summed E-state index contributed by atoms with van der Waals surface area (Å²) in [7, 11) is 0. The van der Waals surface area contributed by atoms with E-state index in [1.807, 2.05) is 0 Å². The quantitative estimate of drug-likeness (QED) is 0.326. The molecule has 0 saturated carbocycles. The number of hydrogen-bond acceptors (Lipinski definition) is 8. The van der Waals surface area contributed by atoms with Gasteiger partial charge in [-0.05, 0) is 0 Å². The zero-order chi connectivity index (χ0) is 12.6. The molecule has 2 aliphatic rings. The third-order valence-corrected chi connectivity index (χ3v) is 2.83. The summed E-state index contributed by atoms with van der Waals surface area (Å²) in [6.45, 7) is -0.517. The molecule has 0 aromatic rings. The van der Waals surface area contributed by atoms with E-state index in [-0.39, 0.29) is 6.61 Å². The van der Waals surface area contributed by atoms with Crippen LogP contribution in [0, 0.1) is 0 Å². The van der Waals surface area contributed by atoms with Crippen molar-refractivity contribution < 1.29 is 39.7 Å². The fourth-order valence-corrected chi connectivity index (χ4v) is 1.65. The Morgan fingerprint density at radius 2 is 1.53 bits per heavy atom. The van der Waals surface area contributed by atoms with Crippen molar-refractivity contribution in [2.24, 2.45) is 0 Å². The molecule has 2 aliphatic heterocycles. The van der Waals surface area contributed by atoms with E-state index in [1.165, 1.54) is 0 Å². The Morgan fingerprint density at radius 1 is 0.882 bits per heavy atom. The second kappa shape index (κ2) is 5.12. The lowest BCUT2D eigenvalue weighted by Gasteiger charge is -2.39. The Kier molecular flexibility index (Phi) is 3.95. The van der Waals surface area contributed by atoms with Gasteiger partial charge in [-0.1, -0.05) is 0 Å². The number of hydrogen-bond donors (Lipinski definition) is 5. The van der Waals surface area contributed by atoms with Gasteiger partial charge in [0.15, 0.2) is 12.6 Å². The van der Waals surface area contributed by atoms with E-state index < -0.39 is 49.7 Å². The highest BCUT2D eigenvalue weighted by molar-refractivity contribution is 4.89. The van der Waals surface area contributed by atoms with Gasteiger partial charge >= 0.3 is 0 Å². The topological polar surface area (TPSA) is 132 Å². The van der Waals surface area contributed by atoms with E-state index >= 15 is 0 Å². The SMILES string of the molecule is OC[C@H]1O[C@H](OC[C@@H]2O[C@@H]2O)[C@H](O)[C@@H](O)[C@@H]1O. The predicted octanol–water partition coefficient (Wildman–Crippen LogP) is -3.48. The normalized spacial score (nSPS) is 50.3. The maximum Gasteiger partial charge on any atom is 0.186 e. The Hall–Kier alpha value is -0.320. The summed E-state index contributed by atoms with van der Waals surface area (Å²) in [5.74, 6) is 0. The molecule has 7 atom stereocenters. The molecule has 2 heterocycles. The summed E-state index contributed by atoms with van der Waals surface area (Å²) in [6, 6.07) is 0. The fraction of sp³-hybridized carbons (Fsp3) is 1.00. The third-order valence-electron chi connectivity index (χ3n) is 2.83. The maximum atomic E-state index is 9.58. The highest BCUT2D eigenvalue weighted by Crippen LogP contribution is 2.24. The molecule has 8 heteroatoms. The molecule has 0 unspecified atom stereocenters. The van der Waals surface area contributed by atoms with Crippen molar-refractivity contribution in [1.29, 1.82) is 0 Å². The predicted molar refractivity (Wildman–Crippen MR) is 50.6 cm³/mol. The minimum absolute atomic E-state index is 0.0101. The van der Waals surface area contributed by atoms with Crippen molar-refractivity contribution in [3.63, 3.8) is 0 Å². The van der Waals surface area contributed by atoms with Gasteiger partial charge in [-0.3, -0.25) is 0 Å². The van der Waals surface area contributed by atoms with Crippen LogP contribution in [0.3, 0.4) is 0 Å². The Morgan fingerprint density at radius 3 is 2.06 bits per heavy atom. The minimum atomic E-state index is -1.46. The van der Waals surface area contributed by atoms with Gasteiger partial charge in [0.1, 0.15) is 30.5 Å². The average Bonchev–Trinajstić information content (AvgIpc) is 3.02. The molecule has 100 valence electrons. The third kappa shape index (κ3) is 2.75. The van der Waals surface area contributed by atoms with Crippen LogP contribution in [0.1, 0.15) is 0 Å². The van der Waals surface area contributed by atoms with Crippen LogP contribution in [-0.4, -0.2) is 81.8 Å². The van der Waals surface area contributed by atoms with Gasteiger partial charge in [0.05, 0.1) is 13.2 Å². The fourth-order valence-electron chi connectivity index (χ4n) is 1.65. The van der Waals surface area contributed by atoms with E-state index in [2.05, 4.69) is 4.74 Å². The zero-order valence-corrected chi connectivity index (χ0v) is 8.92. The van der Waals surface area contributed by atoms with Gasteiger partial charge in [-0.2, -0.15) is 0 Å². The summed E-state index contributed by atoms with van der Waals surface area (Å²) in [4.78, 5) is 0. The molecule has 0 amide bonds. The minimum Gasteiger partial charge on any atom is -0.394 e. The van der Waals surface area contributed by atoms with Gasteiger partial charge in [0, 0.05) is 0 Å². The van der Waals surface area contributed by atoms with E-state index in [0.29, 0.717) is 0 Å². The number of ether oxygens (including phenoxy) is 3. The van der Waals surface area contributed by atoms with Crippen molar-refractivity contribution in [2.45, 2.75) is 43.1 Å². The molecule has 2 rings (SSSR count). The molecule has 2 saturated heterocycles. The van der Waals surface area contributed by atoms with E-state index in [4.69, 9.17) is 19.7 Å². The van der Waals surface area contributed by atoms with E-state index in [9.17, 15) is 15.3 Å². The van der Waals surface area contributed by atoms with Gasteiger partial charge in [0.2, 0.25) is 0 Å². The summed E-state index contributed by atoms with van der Waals surface area (Å²) < 4.78 is 14.9. The summed E-state index contributed by atoms with van der Waals surface area (Å²) >= 11 is 0. The molecule has 0 spiro atoms. The molecular weight excluding hydrogens is 236 g/mol. The molecule has 0 aliphatic carbocycles. The number of epoxide rings is 1. The lowest BCUT2D eigenvalue weighted by molar-refractivity contribution is -0.301. The summed E-state index contributed by atoms with van der Waals surface area (Å²) in [5.41, 5.74) is 0. The molecule has 8 nitrogen and oxygen atoms in total. The van der Waals surface area contributed by atoms with Crippen LogP contribution >= 0.6 is 0 Å². The molecule has 17 heavy (non-hydrogen) atoms. The van der Waals surface area contributed by atoms with E-state index in [0.717, 1.165) is 0 Å². The standard InChI is InChI=1S/C9H16O8/c10-1-3-5(11)6(12)7(13)9(17-3)15-2-4-8(14)16-4/h3-14H,1-2H2/t3-,4+,5-,6+,7-,8+,9+/m1/s1. The number of rotatable bonds is 4. The number of aliphatic hydroxyl groups is 5. The Bertz CT molecular complexity index is 259. The Balaban J connectivity index is 1.87. The molecule has 0 aromatic carbocycles. The van der Waals surface area contributed by atoms with Gasteiger partial charge in [0.25, 0.3) is 0 Å². The second-order valence-corrected chi connectivity index (χ2v) is 4.10. The van der Waals surface area contributed by atoms with Crippen LogP contribution in [0.2, 0.25) is 0 Å². The van der Waals surface area contributed by atoms with Crippen LogP contribution in [0.4, 0.5) is 0 Å². The molecule has 0 aromatic heterocycles. The molecule has 0 bridgehead atoms. The van der Waals surface area contributed by atoms with E-state index in [1.54, 1.807) is 0 Å². The van der Waals surface area contributed by atoms with Gasteiger partial charge in [-0.15, -0.1) is 0 Å². The first-order valence-corrected chi connectivity index (χ1v) is 5.30. The second-order valence-electron chi connectivity index (χ2n) is 4.10. The lowest BCUT2D eigenvalue weighted by atomic mass is 9.99. The first-order valence-electron chi connectivity index (χ1n) is 5.30. The number of aliphatic hydroxyl groups excluding tert-OH is 5. The van der Waals surface area contributed by atoms with Crippen LogP contribution in [-0.2, 0) is 14.2 Å². The summed E-state index contributed by atoms with van der Waals surface area (Å²) in [6.07, 6.45) is -7.81. The smallest absolute Gasteiger partial charge is 0.186 e. The monoisotopic (exact) mass is 252 g/mol. The van der Waals surface area contributed by atoms with Crippen molar-refractivity contribution in [3.8, 4) is 0 Å². The van der Waals surface area contributed by atoms with Crippen molar-refractivity contribution >= 4 is 0 Å². The average molecular weight is 252 g/mol. The highest BCUT2D eigenvalue weighted by atomic mass is 16.7. The molecule has 2 fully saturated rings. The maximum absolute atomic E-state index is 9.58. The zero-order valence-electron chi connectivity index (χ0n) is 8.92. The van der Waals surface area contributed by atoms with Crippen LogP contribution in [0.25, 0.3) is 0 Å². The van der Waals surface area contributed by atoms with Crippen LogP contribution in [0.5, 0.6) is 0 Å². The molecule has 5 N–H and O–H groups in total. The van der Waals surface area contributed by atoms with Crippen molar-refractivity contribution in [1.82, 2.24) is 0 Å². The lowest BCUT2D eigenvalue weighted by Crippen LogP contribution is -2.59. The first kappa shape index (κ1) is 13.1. The van der Waals surface area contributed by atoms with Gasteiger partial charge in [-0.25, -0.2) is 0 Å². The van der Waals surface area contributed by atoms with Crippen LogP contribution in [0.15, 0.2) is 0 Å². The van der Waals surface area contributed by atoms with Crippen molar-refractivity contribution in [3.05, 3.63) is 0 Å².